The van der Waals surface area contributed by atoms with Crippen molar-refractivity contribution in [3.05, 3.63) is 53.6 Å². The van der Waals surface area contributed by atoms with E-state index in [1.54, 1.807) is 6.07 Å². The molecule has 2 aromatic carbocycles. The van der Waals surface area contributed by atoms with E-state index in [4.69, 9.17) is 4.65 Å². The van der Waals surface area contributed by atoms with Crippen molar-refractivity contribution in [2.24, 2.45) is 0 Å². The van der Waals surface area contributed by atoms with E-state index in [9.17, 15) is 9.23 Å². The maximum Gasteiger partial charge on any atom is 0.491 e. The van der Waals surface area contributed by atoms with Gasteiger partial charge in [-0.05, 0) is 42.2 Å². The topological polar surface area (TPSA) is 46.5 Å². The van der Waals surface area contributed by atoms with E-state index in [1.165, 1.54) is 0 Å². The van der Waals surface area contributed by atoms with E-state index in [0.717, 1.165) is 21.5 Å². The van der Waals surface area contributed by atoms with Crippen LogP contribution in [0.2, 0.25) is 0 Å². The molecule has 96 valence electrons. The molecule has 19 heavy (non-hydrogen) atoms. The maximum absolute atomic E-state index is 12.5. The lowest BCUT2D eigenvalue weighted by molar-refractivity contribution is 0.275. The standard InChI is InChI=1S/C14H13BO3S/c1-10-2-5-12(6-3-10)19(17)13-7-4-11-9-18-15(16)14(11)8-13/h2-8,16H,9H2,1H3. The summed E-state index contributed by atoms with van der Waals surface area (Å²) in [6.45, 7) is 2.41. The van der Waals surface area contributed by atoms with Crippen molar-refractivity contribution < 1.29 is 13.9 Å². The summed E-state index contributed by atoms with van der Waals surface area (Å²) in [7, 11) is -2.13. The molecule has 5 heteroatoms. The van der Waals surface area contributed by atoms with Gasteiger partial charge in [-0.25, -0.2) is 4.21 Å². The predicted octanol–water partition coefficient (Wildman–Crippen LogP) is 1.38. The monoisotopic (exact) mass is 272 g/mol. The molecule has 0 amide bonds. The smallest absolute Gasteiger partial charge is 0.423 e. The molecule has 1 aliphatic rings. The van der Waals surface area contributed by atoms with Crippen LogP contribution in [0.4, 0.5) is 0 Å². The third-order valence-electron chi connectivity index (χ3n) is 3.23. The van der Waals surface area contributed by atoms with Gasteiger partial charge >= 0.3 is 7.12 Å². The van der Waals surface area contributed by atoms with Gasteiger partial charge in [-0.1, -0.05) is 23.8 Å². The highest BCUT2D eigenvalue weighted by Gasteiger charge is 2.27. The molecule has 1 unspecified atom stereocenters. The normalized spacial score (nSPS) is 15.4. The molecule has 1 aliphatic heterocycles. The van der Waals surface area contributed by atoms with Crippen molar-refractivity contribution in [1.29, 1.82) is 0 Å². The first kappa shape index (κ1) is 12.6. The average molecular weight is 272 g/mol. The van der Waals surface area contributed by atoms with Crippen LogP contribution in [0, 0.1) is 6.92 Å². The number of benzene rings is 2. The zero-order chi connectivity index (χ0) is 13.4. The second-order valence-corrected chi connectivity index (χ2v) is 6.09. The number of fused-ring (bicyclic) bond motifs is 1. The van der Waals surface area contributed by atoms with Gasteiger partial charge < -0.3 is 9.68 Å². The largest absolute Gasteiger partial charge is 0.491 e. The highest BCUT2D eigenvalue weighted by Crippen LogP contribution is 2.19. The molecular weight excluding hydrogens is 259 g/mol. The fourth-order valence-corrected chi connectivity index (χ4v) is 3.19. The highest BCUT2D eigenvalue weighted by atomic mass is 32.2. The summed E-state index contributed by atoms with van der Waals surface area (Å²) >= 11 is 0. The average Bonchev–Trinajstić information content (AvgIpc) is 2.80. The fraction of sp³-hybridized carbons (Fsp3) is 0.143. The molecule has 3 rings (SSSR count). The Morgan fingerprint density at radius 2 is 1.84 bits per heavy atom. The Labute approximate surface area is 114 Å². The van der Waals surface area contributed by atoms with Gasteiger partial charge in [0.25, 0.3) is 0 Å². The van der Waals surface area contributed by atoms with Crippen LogP contribution in [0.1, 0.15) is 11.1 Å². The molecule has 0 aromatic heterocycles. The van der Waals surface area contributed by atoms with Crippen LogP contribution in [0.15, 0.2) is 52.3 Å². The zero-order valence-electron chi connectivity index (χ0n) is 10.5. The lowest BCUT2D eigenvalue weighted by atomic mass is 9.80. The number of aryl methyl sites for hydroxylation is 1. The van der Waals surface area contributed by atoms with Crippen LogP contribution >= 0.6 is 0 Å². The van der Waals surface area contributed by atoms with Crippen LogP contribution in [-0.4, -0.2) is 16.4 Å². The maximum atomic E-state index is 12.5. The summed E-state index contributed by atoms with van der Waals surface area (Å²) in [5.74, 6) is 0. The first-order valence-corrected chi connectivity index (χ1v) is 7.21. The lowest BCUT2D eigenvalue weighted by Crippen LogP contribution is -2.28. The van der Waals surface area contributed by atoms with E-state index in [2.05, 4.69) is 0 Å². The minimum absolute atomic E-state index is 0.411. The van der Waals surface area contributed by atoms with Gasteiger partial charge in [0.1, 0.15) is 0 Å². The molecule has 0 saturated heterocycles. The Balaban J connectivity index is 1.96. The van der Waals surface area contributed by atoms with Crippen molar-refractivity contribution in [1.82, 2.24) is 0 Å². The molecular formula is C14H13BO3S. The molecule has 0 bridgehead atoms. The summed E-state index contributed by atoms with van der Waals surface area (Å²) in [4.78, 5) is 1.45. The van der Waals surface area contributed by atoms with Gasteiger partial charge in [0.2, 0.25) is 0 Å². The number of hydrogen-bond acceptors (Lipinski definition) is 3. The SMILES string of the molecule is Cc1ccc(S(=O)c2ccc3c(c2)B(O)OC3)cc1. The van der Waals surface area contributed by atoms with E-state index >= 15 is 0 Å². The molecule has 1 atom stereocenters. The first-order valence-electron chi connectivity index (χ1n) is 6.06. The van der Waals surface area contributed by atoms with Crippen LogP contribution in [-0.2, 0) is 22.1 Å². The van der Waals surface area contributed by atoms with Crippen molar-refractivity contribution >= 4 is 23.4 Å². The van der Waals surface area contributed by atoms with Crippen LogP contribution in [0.5, 0.6) is 0 Å². The quantitative estimate of drug-likeness (QED) is 0.840. The second kappa shape index (κ2) is 4.92. The fourth-order valence-electron chi connectivity index (χ4n) is 2.11. The summed E-state index contributed by atoms with van der Waals surface area (Å²) in [6, 6.07) is 13.1. The molecule has 1 N–H and O–H groups in total. The molecule has 2 aromatic rings. The van der Waals surface area contributed by atoms with E-state index in [-0.39, 0.29) is 0 Å². The van der Waals surface area contributed by atoms with Crippen molar-refractivity contribution in [2.45, 2.75) is 23.3 Å². The Kier molecular flexibility index (Phi) is 3.27. The molecule has 3 nitrogen and oxygen atoms in total. The van der Waals surface area contributed by atoms with E-state index < -0.39 is 17.9 Å². The van der Waals surface area contributed by atoms with Crippen molar-refractivity contribution in [3.8, 4) is 0 Å². The summed E-state index contributed by atoms with van der Waals surface area (Å²) < 4.78 is 17.6. The molecule has 0 saturated carbocycles. The van der Waals surface area contributed by atoms with Crippen LogP contribution < -0.4 is 5.46 Å². The predicted molar refractivity (Wildman–Crippen MR) is 74.7 cm³/mol. The third-order valence-corrected chi connectivity index (χ3v) is 4.61. The van der Waals surface area contributed by atoms with Crippen molar-refractivity contribution in [2.75, 3.05) is 0 Å². The second-order valence-electron chi connectivity index (χ2n) is 4.61. The Hall–Kier alpha value is -1.43. The Morgan fingerprint density at radius 3 is 2.58 bits per heavy atom. The zero-order valence-corrected chi connectivity index (χ0v) is 11.3. The van der Waals surface area contributed by atoms with Gasteiger partial charge in [0.05, 0.1) is 17.4 Å². The number of hydrogen-bond donors (Lipinski definition) is 1. The molecule has 0 fully saturated rings. The molecule has 1 heterocycles. The third kappa shape index (κ3) is 2.37. The van der Waals surface area contributed by atoms with E-state index in [0.29, 0.717) is 11.5 Å². The molecule has 0 spiro atoms. The van der Waals surface area contributed by atoms with Gasteiger partial charge in [0, 0.05) is 9.79 Å². The molecule has 0 radical (unpaired) electrons. The number of rotatable bonds is 2. The minimum Gasteiger partial charge on any atom is -0.423 e. The lowest BCUT2D eigenvalue weighted by Gasteiger charge is -2.05. The van der Waals surface area contributed by atoms with Gasteiger partial charge in [-0.15, -0.1) is 0 Å². The van der Waals surface area contributed by atoms with Crippen LogP contribution in [0.25, 0.3) is 0 Å². The van der Waals surface area contributed by atoms with E-state index in [1.807, 2.05) is 43.3 Å². The highest BCUT2D eigenvalue weighted by molar-refractivity contribution is 7.85. The van der Waals surface area contributed by atoms with Gasteiger partial charge in [-0.2, -0.15) is 0 Å². The first-order chi connectivity index (χ1) is 9.15. The van der Waals surface area contributed by atoms with Crippen molar-refractivity contribution in [3.63, 3.8) is 0 Å². The summed E-state index contributed by atoms with van der Waals surface area (Å²) in [5.41, 5.74) is 2.81. The molecule has 0 aliphatic carbocycles. The van der Waals surface area contributed by atoms with Crippen LogP contribution in [0.3, 0.4) is 0 Å². The Morgan fingerprint density at radius 1 is 1.16 bits per heavy atom. The minimum atomic E-state index is -1.23. The Bertz CT molecular complexity index is 640. The summed E-state index contributed by atoms with van der Waals surface area (Å²) in [6.07, 6.45) is 0. The van der Waals surface area contributed by atoms with Gasteiger partial charge in [0.15, 0.2) is 0 Å². The van der Waals surface area contributed by atoms with Gasteiger partial charge in [-0.3, -0.25) is 0 Å². The summed E-state index contributed by atoms with van der Waals surface area (Å²) in [5, 5.41) is 9.67.